The van der Waals surface area contributed by atoms with E-state index in [0.29, 0.717) is 6.54 Å². The zero-order valence-corrected chi connectivity index (χ0v) is 13.9. The van der Waals surface area contributed by atoms with E-state index in [-0.39, 0.29) is 0 Å². The lowest BCUT2D eigenvalue weighted by atomic mass is 10.1. The zero-order valence-electron chi connectivity index (χ0n) is 13.9. The van der Waals surface area contributed by atoms with Crippen molar-refractivity contribution in [3.8, 4) is 22.8 Å². The number of aromatic nitrogens is 5. The number of anilines is 1. The number of para-hydroxylation sites is 2. The quantitative estimate of drug-likeness (QED) is 0.461. The molecule has 0 atom stereocenters. The molecule has 0 fully saturated rings. The predicted molar refractivity (Wildman–Crippen MR) is 102 cm³/mol. The number of nitrogens with one attached hydrogen (secondary N) is 3. The molecule has 6 heteroatoms. The second-order valence-corrected chi connectivity index (χ2v) is 6.08. The average molecular weight is 340 g/mol. The molecular weight excluding hydrogens is 324 g/mol. The highest BCUT2D eigenvalue weighted by Gasteiger charge is 2.16. The number of H-pyrrole nitrogens is 2. The number of hydrogen-bond acceptors (Lipinski definition) is 4. The van der Waals surface area contributed by atoms with Crippen LogP contribution in [0.1, 0.15) is 5.69 Å². The Morgan fingerprint density at radius 2 is 1.73 bits per heavy atom. The van der Waals surface area contributed by atoms with Gasteiger partial charge in [-0.25, -0.2) is 9.97 Å². The Balaban J connectivity index is 1.55. The lowest BCUT2D eigenvalue weighted by Crippen LogP contribution is -2.04. The number of hydrogen-bond donors (Lipinski definition) is 3. The first-order valence-corrected chi connectivity index (χ1v) is 8.43. The van der Waals surface area contributed by atoms with Gasteiger partial charge in [-0.2, -0.15) is 0 Å². The minimum absolute atomic E-state index is 0.628. The van der Waals surface area contributed by atoms with Gasteiger partial charge >= 0.3 is 0 Å². The summed E-state index contributed by atoms with van der Waals surface area (Å²) in [5.74, 6) is 2.53. The van der Waals surface area contributed by atoms with Gasteiger partial charge in [-0.15, -0.1) is 0 Å². The van der Waals surface area contributed by atoms with Crippen molar-refractivity contribution >= 4 is 16.9 Å². The van der Waals surface area contributed by atoms with Gasteiger partial charge in [-0.1, -0.05) is 18.2 Å². The predicted octanol–water partition coefficient (Wildman–Crippen LogP) is 4.06. The van der Waals surface area contributed by atoms with Gasteiger partial charge in [0.15, 0.2) is 0 Å². The van der Waals surface area contributed by atoms with Crippen molar-refractivity contribution in [2.75, 3.05) is 5.32 Å². The number of pyridine rings is 2. The third-order valence-corrected chi connectivity index (χ3v) is 4.36. The van der Waals surface area contributed by atoms with Crippen molar-refractivity contribution in [1.82, 2.24) is 24.9 Å². The van der Waals surface area contributed by atoms with Gasteiger partial charge in [0, 0.05) is 23.5 Å². The topological polar surface area (TPSA) is 82.3 Å². The van der Waals surface area contributed by atoms with Crippen LogP contribution in [-0.4, -0.2) is 24.9 Å². The lowest BCUT2D eigenvalue weighted by Gasteiger charge is -2.12. The molecule has 5 rings (SSSR count). The summed E-state index contributed by atoms with van der Waals surface area (Å²) in [6.45, 7) is 0.628. The maximum Gasteiger partial charge on any atom is 0.139 e. The standard InChI is InChI=1S/C20H16N6/c1-2-7-17-16(6-1)24-20(25-17)15-11-18(26-19-14(15)8-10-22-19)23-12-13-5-3-4-9-21-13/h1-11H,12H2,(H,24,25)(H2,22,23,26). The largest absolute Gasteiger partial charge is 0.366 e. The van der Waals surface area contributed by atoms with Crippen LogP contribution >= 0.6 is 0 Å². The summed E-state index contributed by atoms with van der Waals surface area (Å²) in [6.07, 6.45) is 3.60. The monoisotopic (exact) mass is 340 g/mol. The van der Waals surface area contributed by atoms with Gasteiger partial charge < -0.3 is 15.3 Å². The number of nitrogens with zero attached hydrogens (tertiary/aromatic N) is 3. The number of benzene rings is 1. The van der Waals surface area contributed by atoms with Crippen LogP contribution in [0.15, 0.2) is 67.0 Å². The van der Waals surface area contributed by atoms with E-state index in [1.54, 1.807) is 12.4 Å². The minimum atomic E-state index is 0.628. The van der Waals surface area contributed by atoms with Crippen LogP contribution in [0, 0.1) is 0 Å². The Morgan fingerprint density at radius 3 is 2.62 bits per heavy atom. The molecule has 0 spiro atoms. The Kier molecular flexibility index (Phi) is 3.38. The molecule has 0 saturated carbocycles. The molecule has 1 aromatic carbocycles. The van der Waals surface area contributed by atoms with Crippen molar-refractivity contribution in [2.24, 2.45) is 0 Å². The second-order valence-electron chi connectivity index (χ2n) is 6.08. The van der Waals surface area contributed by atoms with Gasteiger partial charge in [0.1, 0.15) is 17.5 Å². The number of imidazole rings is 1. The van der Waals surface area contributed by atoms with Crippen LogP contribution in [0.4, 0.5) is 5.82 Å². The third kappa shape index (κ3) is 2.57. The Morgan fingerprint density at radius 1 is 0.808 bits per heavy atom. The van der Waals surface area contributed by atoms with Gasteiger partial charge in [-0.3, -0.25) is 4.98 Å². The minimum Gasteiger partial charge on any atom is -0.366 e. The summed E-state index contributed by atoms with van der Waals surface area (Å²) in [5.41, 5.74) is 4.99. The fourth-order valence-electron chi connectivity index (χ4n) is 3.10. The van der Waals surface area contributed by atoms with Crippen molar-refractivity contribution in [3.05, 3.63) is 72.7 Å². The molecule has 26 heavy (non-hydrogen) atoms. The van der Waals surface area contributed by atoms with Crippen LogP contribution in [0.2, 0.25) is 0 Å². The molecule has 0 bridgehead atoms. The molecule has 2 aromatic heterocycles. The first-order valence-electron chi connectivity index (χ1n) is 8.43. The Hall–Kier alpha value is -3.67. The third-order valence-electron chi connectivity index (χ3n) is 4.36. The molecule has 2 aliphatic rings. The van der Waals surface area contributed by atoms with Crippen molar-refractivity contribution in [2.45, 2.75) is 6.54 Å². The van der Waals surface area contributed by atoms with E-state index in [9.17, 15) is 0 Å². The summed E-state index contributed by atoms with van der Waals surface area (Å²) < 4.78 is 0. The highest BCUT2D eigenvalue weighted by Crippen LogP contribution is 2.33. The van der Waals surface area contributed by atoms with E-state index in [2.05, 4.69) is 31.3 Å². The molecule has 6 nitrogen and oxygen atoms in total. The summed E-state index contributed by atoms with van der Waals surface area (Å²) >= 11 is 0. The molecule has 0 amide bonds. The maximum absolute atomic E-state index is 4.73. The average Bonchev–Trinajstić information content (AvgIpc) is 3.33. The molecule has 0 unspecified atom stereocenters. The van der Waals surface area contributed by atoms with Gasteiger partial charge in [0.05, 0.1) is 23.3 Å². The van der Waals surface area contributed by atoms with Crippen molar-refractivity contribution in [3.63, 3.8) is 0 Å². The van der Waals surface area contributed by atoms with E-state index in [1.165, 1.54) is 0 Å². The summed E-state index contributed by atoms with van der Waals surface area (Å²) in [7, 11) is 0. The van der Waals surface area contributed by atoms with Gasteiger partial charge in [0.2, 0.25) is 0 Å². The Bertz CT molecular complexity index is 1110. The molecule has 3 aromatic rings. The first-order chi connectivity index (χ1) is 12.9. The summed E-state index contributed by atoms with van der Waals surface area (Å²) in [4.78, 5) is 20.2. The summed E-state index contributed by atoms with van der Waals surface area (Å²) in [5, 5.41) is 3.39. The fraction of sp³-hybridized carbons (Fsp3) is 0.0500. The van der Waals surface area contributed by atoms with Crippen LogP contribution in [0.5, 0.6) is 0 Å². The fourth-order valence-corrected chi connectivity index (χ4v) is 3.10. The smallest absolute Gasteiger partial charge is 0.139 e. The normalized spacial score (nSPS) is 11.2. The van der Waals surface area contributed by atoms with Gasteiger partial charge in [0.25, 0.3) is 0 Å². The SMILES string of the molecule is c1ccc(CNc2cc(-c3nc4ccccc4[nH]3)c3ccnc-3[nH]2)nc1. The molecule has 0 saturated heterocycles. The number of fused-ring (bicyclic) bond motifs is 2. The number of rotatable bonds is 4. The molecular formula is C20H16N6. The molecule has 126 valence electrons. The molecule has 2 aliphatic heterocycles. The Labute approximate surface area is 149 Å². The highest BCUT2D eigenvalue weighted by molar-refractivity contribution is 5.86. The van der Waals surface area contributed by atoms with E-state index in [0.717, 1.165) is 45.3 Å². The van der Waals surface area contributed by atoms with E-state index in [4.69, 9.17) is 4.98 Å². The molecule has 4 heterocycles. The van der Waals surface area contributed by atoms with Crippen LogP contribution < -0.4 is 5.32 Å². The van der Waals surface area contributed by atoms with Crippen LogP contribution in [0.3, 0.4) is 0 Å². The van der Waals surface area contributed by atoms with E-state index in [1.807, 2.05) is 48.5 Å². The highest BCUT2D eigenvalue weighted by atomic mass is 15.0. The van der Waals surface area contributed by atoms with E-state index >= 15 is 0 Å². The van der Waals surface area contributed by atoms with Crippen LogP contribution in [0.25, 0.3) is 33.8 Å². The zero-order chi connectivity index (χ0) is 17.3. The van der Waals surface area contributed by atoms with Gasteiger partial charge in [-0.05, 0) is 36.4 Å². The molecule has 3 N–H and O–H groups in total. The lowest BCUT2D eigenvalue weighted by molar-refractivity contribution is 1.03. The second kappa shape index (κ2) is 6.00. The van der Waals surface area contributed by atoms with E-state index < -0.39 is 0 Å². The number of aromatic amines is 2. The maximum atomic E-state index is 4.73. The van der Waals surface area contributed by atoms with Crippen molar-refractivity contribution in [1.29, 1.82) is 0 Å². The van der Waals surface area contributed by atoms with Crippen LogP contribution in [-0.2, 0) is 6.54 Å². The molecule has 0 aliphatic carbocycles. The summed E-state index contributed by atoms with van der Waals surface area (Å²) in [6, 6.07) is 18.0. The first kappa shape index (κ1) is 14.7. The van der Waals surface area contributed by atoms with Crippen molar-refractivity contribution < 1.29 is 0 Å². The molecule has 0 radical (unpaired) electrons.